The summed E-state index contributed by atoms with van der Waals surface area (Å²) in [4.78, 5) is 11.0. The van der Waals surface area contributed by atoms with Gasteiger partial charge >= 0.3 is 5.97 Å². The van der Waals surface area contributed by atoms with Gasteiger partial charge in [0.1, 0.15) is 11.6 Å². The van der Waals surface area contributed by atoms with Crippen LogP contribution in [0.1, 0.15) is 12.5 Å². The SMILES string of the molecule is C#Cc1cc(OCC(=O)OCC)ccc1F. The normalized spacial score (nSPS) is 9.31. The Morgan fingerprint density at radius 2 is 2.31 bits per heavy atom. The molecule has 0 N–H and O–H groups in total. The summed E-state index contributed by atoms with van der Waals surface area (Å²) in [5.41, 5.74) is 0.0985. The fourth-order valence-electron chi connectivity index (χ4n) is 1.05. The third-order valence-corrected chi connectivity index (χ3v) is 1.76. The third kappa shape index (κ3) is 3.28. The van der Waals surface area contributed by atoms with Gasteiger partial charge in [0.05, 0.1) is 12.2 Å². The molecule has 0 aliphatic heterocycles. The van der Waals surface area contributed by atoms with E-state index < -0.39 is 11.8 Å². The van der Waals surface area contributed by atoms with Crippen LogP contribution in [0, 0.1) is 18.2 Å². The zero-order chi connectivity index (χ0) is 12.0. The Labute approximate surface area is 93.2 Å². The molecule has 1 aromatic rings. The van der Waals surface area contributed by atoms with Crippen LogP contribution in [0.4, 0.5) is 4.39 Å². The van der Waals surface area contributed by atoms with Gasteiger partial charge in [-0.3, -0.25) is 0 Å². The van der Waals surface area contributed by atoms with Crippen LogP contribution in [-0.2, 0) is 9.53 Å². The van der Waals surface area contributed by atoms with Gasteiger partial charge in [0.2, 0.25) is 0 Å². The van der Waals surface area contributed by atoms with Gasteiger partial charge in [0.15, 0.2) is 6.61 Å². The van der Waals surface area contributed by atoms with Crippen LogP contribution in [0.5, 0.6) is 5.75 Å². The predicted molar refractivity (Wildman–Crippen MR) is 56.5 cm³/mol. The lowest BCUT2D eigenvalue weighted by atomic mass is 10.2. The number of ether oxygens (including phenoxy) is 2. The minimum Gasteiger partial charge on any atom is -0.482 e. The zero-order valence-corrected chi connectivity index (χ0v) is 8.83. The highest BCUT2D eigenvalue weighted by Gasteiger charge is 2.05. The smallest absolute Gasteiger partial charge is 0.344 e. The second-order valence-corrected chi connectivity index (χ2v) is 2.88. The van der Waals surface area contributed by atoms with Crippen molar-refractivity contribution in [2.45, 2.75) is 6.92 Å². The van der Waals surface area contributed by atoms with Gasteiger partial charge in [-0.15, -0.1) is 6.42 Å². The fraction of sp³-hybridized carbons (Fsp3) is 0.250. The molecule has 0 unspecified atom stereocenters. The van der Waals surface area contributed by atoms with Gasteiger partial charge in [-0.2, -0.15) is 0 Å². The molecule has 0 aliphatic rings. The van der Waals surface area contributed by atoms with Crippen LogP contribution in [0.3, 0.4) is 0 Å². The first kappa shape index (κ1) is 12.1. The molecule has 0 bridgehead atoms. The van der Waals surface area contributed by atoms with E-state index in [2.05, 4.69) is 10.7 Å². The van der Waals surface area contributed by atoms with Crippen molar-refractivity contribution in [3.8, 4) is 18.1 Å². The lowest BCUT2D eigenvalue weighted by Crippen LogP contribution is -2.14. The van der Waals surface area contributed by atoms with Crippen molar-refractivity contribution in [2.24, 2.45) is 0 Å². The number of carbonyl (C=O) groups is 1. The molecule has 0 saturated carbocycles. The quantitative estimate of drug-likeness (QED) is 0.575. The second-order valence-electron chi connectivity index (χ2n) is 2.88. The first-order valence-electron chi connectivity index (χ1n) is 4.72. The summed E-state index contributed by atoms with van der Waals surface area (Å²) in [6.07, 6.45) is 5.09. The fourth-order valence-corrected chi connectivity index (χ4v) is 1.05. The minimum absolute atomic E-state index is 0.0985. The molecule has 1 aromatic carbocycles. The number of esters is 1. The molecule has 0 atom stereocenters. The van der Waals surface area contributed by atoms with Crippen LogP contribution < -0.4 is 4.74 Å². The van der Waals surface area contributed by atoms with Gasteiger partial charge in [-0.05, 0) is 25.1 Å². The Hall–Kier alpha value is -2.02. The van der Waals surface area contributed by atoms with Crippen molar-refractivity contribution >= 4 is 5.97 Å². The molecule has 1 rings (SSSR count). The highest BCUT2D eigenvalue weighted by atomic mass is 19.1. The van der Waals surface area contributed by atoms with E-state index in [1.54, 1.807) is 6.92 Å². The average Bonchev–Trinajstić information content (AvgIpc) is 2.28. The first-order chi connectivity index (χ1) is 7.67. The maximum atomic E-state index is 13.0. The van der Waals surface area contributed by atoms with E-state index in [0.29, 0.717) is 12.4 Å². The van der Waals surface area contributed by atoms with Crippen molar-refractivity contribution < 1.29 is 18.7 Å². The van der Waals surface area contributed by atoms with Crippen molar-refractivity contribution in [1.82, 2.24) is 0 Å². The molecule has 0 radical (unpaired) electrons. The molecule has 0 heterocycles. The van der Waals surface area contributed by atoms with E-state index in [4.69, 9.17) is 11.2 Å². The first-order valence-corrected chi connectivity index (χ1v) is 4.72. The molecule has 16 heavy (non-hydrogen) atoms. The number of terminal acetylenes is 1. The summed E-state index contributed by atoms with van der Waals surface area (Å²) in [5.74, 6) is 1.54. The van der Waals surface area contributed by atoms with Gasteiger partial charge in [0, 0.05) is 0 Å². The summed E-state index contributed by atoms with van der Waals surface area (Å²) in [6.45, 7) is 1.77. The molecule has 0 fully saturated rings. The zero-order valence-electron chi connectivity index (χ0n) is 8.83. The topological polar surface area (TPSA) is 35.5 Å². The molecule has 84 valence electrons. The monoisotopic (exact) mass is 222 g/mol. The molecule has 0 aromatic heterocycles. The summed E-state index contributed by atoms with van der Waals surface area (Å²) in [5, 5.41) is 0. The van der Waals surface area contributed by atoms with Crippen LogP contribution in [0.25, 0.3) is 0 Å². The number of hydrogen-bond acceptors (Lipinski definition) is 3. The second kappa shape index (κ2) is 5.76. The van der Waals surface area contributed by atoms with Crippen LogP contribution in [-0.4, -0.2) is 19.2 Å². The summed E-state index contributed by atoms with van der Waals surface area (Å²) >= 11 is 0. The Morgan fingerprint density at radius 1 is 1.56 bits per heavy atom. The minimum atomic E-state index is -0.494. The van der Waals surface area contributed by atoms with E-state index in [1.165, 1.54) is 18.2 Å². The lowest BCUT2D eigenvalue weighted by molar-refractivity contribution is -0.145. The Morgan fingerprint density at radius 3 is 2.94 bits per heavy atom. The van der Waals surface area contributed by atoms with Crippen molar-refractivity contribution in [1.29, 1.82) is 0 Å². The number of benzene rings is 1. The van der Waals surface area contributed by atoms with Crippen LogP contribution in [0.2, 0.25) is 0 Å². The maximum Gasteiger partial charge on any atom is 0.344 e. The summed E-state index contributed by atoms with van der Waals surface area (Å²) in [6, 6.07) is 3.94. The average molecular weight is 222 g/mol. The molecule has 4 heteroatoms. The van der Waals surface area contributed by atoms with E-state index in [1.807, 2.05) is 0 Å². The molecular weight excluding hydrogens is 211 g/mol. The van der Waals surface area contributed by atoms with Crippen LogP contribution in [0.15, 0.2) is 18.2 Å². The van der Waals surface area contributed by atoms with Gasteiger partial charge < -0.3 is 9.47 Å². The molecule has 0 aliphatic carbocycles. The predicted octanol–water partition coefficient (Wildman–Crippen LogP) is 1.75. The van der Waals surface area contributed by atoms with Crippen molar-refractivity contribution in [3.63, 3.8) is 0 Å². The van der Waals surface area contributed by atoms with Crippen molar-refractivity contribution in [2.75, 3.05) is 13.2 Å². The maximum absolute atomic E-state index is 13.0. The molecule has 3 nitrogen and oxygen atoms in total. The van der Waals surface area contributed by atoms with E-state index in [0.717, 1.165) is 0 Å². The number of carbonyl (C=O) groups excluding carboxylic acids is 1. The largest absolute Gasteiger partial charge is 0.482 e. The molecule has 0 saturated heterocycles. The summed E-state index contributed by atoms with van der Waals surface area (Å²) in [7, 11) is 0. The molecular formula is C12H11FO3. The highest BCUT2D eigenvalue weighted by molar-refractivity contribution is 5.71. The lowest BCUT2D eigenvalue weighted by Gasteiger charge is -2.06. The van der Waals surface area contributed by atoms with Crippen LogP contribution >= 0.6 is 0 Å². The van der Waals surface area contributed by atoms with E-state index in [-0.39, 0.29) is 12.2 Å². The van der Waals surface area contributed by atoms with Gasteiger partial charge in [-0.1, -0.05) is 5.92 Å². The van der Waals surface area contributed by atoms with Crippen molar-refractivity contribution in [3.05, 3.63) is 29.6 Å². The molecule has 0 amide bonds. The van der Waals surface area contributed by atoms with E-state index in [9.17, 15) is 9.18 Å². The highest BCUT2D eigenvalue weighted by Crippen LogP contribution is 2.15. The number of halogens is 1. The third-order valence-electron chi connectivity index (χ3n) is 1.76. The Balaban J connectivity index is 2.62. The van der Waals surface area contributed by atoms with Gasteiger partial charge in [-0.25, -0.2) is 9.18 Å². The Kier molecular flexibility index (Phi) is 4.34. The number of rotatable bonds is 4. The van der Waals surface area contributed by atoms with Gasteiger partial charge in [0.25, 0.3) is 0 Å². The van der Waals surface area contributed by atoms with E-state index >= 15 is 0 Å². The standard InChI is InChI=1S/C12H11FO3/c1-3-9-7-10(5-6-11(9)13)16-8-12(14)15-4-2/h1,5-7H,4,8H2,2H3. The molecule has 0 spiro atoms. The summed E-state index contributed by atoms with van der Waals surface area (Å²) < 4.78 is 22.7. The Bertz CT molecular complexity index is 421. The number of hydrogen-bond donors (Lipinski definition) is 0.